The van der Waals surface area contributed by atoms with Crippen molar-refractivity contribution < 1.29 is 9.84 Å². The highest BCUT2D eigenvalue weighted by molar-refractivity contribution is 7.09. The summed E-state index contributed by atoms with van der Waals surface area (Å²) < 4.78 is 7.43. The predicted octanol–water partition coefficient (Wildman–Crippen LogP) is 4.53. The lowest BCUT2D eigenvalue weighted by Gasteiger charge is -2.17. The summed E-state index contributed by atoms with van der Waals surface area (Å²) in [6, 6.07) is 5.20. The van der Waals surface area contributed by atoms with Gasteiger partial charge in [0.15, 0.2) is 5.82 Å². The van der Waals surface area contributed by atoms with Crippen LogP contribution < -0.4 is 10.3 Å². The van der Waals surface area contributed by atoms with Gasteiger partial charge in [0.1, 0.15) is 18.0 Å². The average Bonchev–Trinajstić information content (AvgIpc) is 3.21. The molecule has 8 nitrogen and oxygen atoms in total. The van der Waals surface area contributed by atoms with Gasteiger partial charge in [-0.25, -0.2) is 15.0 Å². The van der Waals surface area contributed by atoms with Gasteiger partial charge in [0.25, 0.3) is 5.56 Å². The van der Waals surface area contributed by atoms with Gasteiger partial charge in [-0.3, -0.25) is 14.3 Å². The number of aryl methyl sites for hydroxylation is 2. The molecule has 4 rings (SSSR count). The third-order valence-electron chi connectivity index (χ3n) is 5.17. The number of thiazole rings is 1. The summed E-state index contributed by atoms with van der Waals surface area (Å²) in [6.45, 7) is 8.97. The van der Waals surface area contributed by atoms with Crippen molar-refractivity contribution in [2.45, 2.75) is 46.8 Å². The fourth-order valence-corrected chi connectivity index (χ4v) is 4.19. The van der Waals surface area contributed by atoms with Gasteiger partial charge in [0.2, 0.25) is 0 Å². The van der Waals surface area contributed by atoms with Crippen LogP contribution >= 0.6 is 22.9 Å². The Labute approximate surface area is 205 Å². The van der Waals surface area contributed by atoms with Crippen LogP contribution in [-0.4, -0.2) is 29.6 Å². The minimum Gasteiger partial charge on any atom is -0.487 e. The normalized spacial score (nSPS) is 11.6. The topological polar surface area (TPSA) is 103 Å². The van der Waals surface area contributed by atoms with Crippen molar-refractivity contribution in [1.29, 1.82) is 0 Å². The van der Waals surface area contributed by atoms with Crippen molar-refractivity contribution in [1.82, 2.24) is 24.5 Å². The van der Waals surface area contributed by atoms with Gasteiger partial charge in [-0.05, 0) is 46.8 Å². The standard InChI is InChI=1S/C24H24ClN5O3S/c1-13-8-21(33-11-16-12-34-15(3)28-16)14(2)22(31)30(13)20-9-19(27-10-17(20)25)18-6-7-26-23(29-18)24(4,5)32/h6-10,12,32H,11H2,1-5H3. The number of pyridine rings is 2. The van der Waals surface area contributed by atoms with Gasteiger partial charge in [-0.1, -0.05) is 11.6 Å². The van der Waals surface area contributed by atoms with Crippen LogP contribution in [0.1, 0.15) is 41.6 Å². The number of ether oxygens (including phenoxy) is 1. The van der Waals surface area contributed by atoms with Gasteiger partial charge < -0.3 is 9.84 Å². The Morgan fingerprint density at radius 1 is 1.15 bits per heavy atom. The number of rotatable bonds is 6. The van der Waals surface area contributed by atoms with Crippen LogP contribution in [0.25, 0.3) is 17.1 Å². The molecule has 0 aliphatic heterocycles. The zero-order valence-corrected chi connectivity index (χ0v) is 21.0. The molecule has 0 unspecified atom stereocenters. The predicted molar refractivity (Wildman–Crippen MR) is 132 cm³/mol. The molecule has 4 heterocycles. The molecule has 34 heavy (non-hydrogen) atoms. The van der Waals surface area contributed by atoms with Gasteiger partial charge >= 0.3 is 0 Å². The van der Waals surface area contributed by atoms with Crippen LogP contribution in [-0.2, 0) is 12.2 Å². The summed E-state index contributed by atoms with van der Waals surface area (Å²) >= 11 is 8.02. The van der Waals surface area contributed by atoms with Crippen LogP contribution in [0.4, 0.5) is 0 Å². The van der Waals surface area contributed by atoms with E-state index >= 15 is 0 Å². The first-order chi connectivity index (χ1) is 16.0. The Kier molecular flexibility index (Phi) is 6.53. The largest absolute Gasteiger partial charge is 0.487 e. The van der Waals surface area contributed by atoms with Gasteiger partial charge in [-0.15, -0.1) is 11.3 Å². The monoisotopic (exact) mass is 497 g/mol. The van der Waals surface area contributed by atoms with E-state index < -0.39 is 5.60 Å². The number of hydrogen-bond donors (Lipinski definition) is 1. The minimum absolute atomic E-state index is 0.247. The van der Waals surface area contributed by atoms with Gasteiger partial charge in [-0.2, -0.15) is 0 Å². The molecule has 0 fully saturated rings. The van der Waals surface area contributed by atoms with Crippen molar-refractivity contribution in [2.24, 2.45) is 0 Å². The van der Waals surface area contributed by atoms with E-state index in [4.69, 9.17) is 16.3 Å². The zero-order chi connectivity index (χ0) is 24.6. The molecule has 0 saturated carbocycles. The van der Waals surface area contributed by atoms with Crippen molar-refractivity contribution in [3.63, 3.8) is 0 Å². The van der Waals surface area contributed by atoms with Crippen LogP contribution in [0, 0.1) is 20.8 Å². The Balaban J connectivity index is 1.73. The molecule has 0 aliphatic carbocycles. The fraction of sp³-hybridized carbons (Fsp3) is 0.292. The number of halogens is 1. The van der Waals surface area contributed by atoms with Crippen LogP contribution in [0.2, 0.25) is 5.02 Å². The van der Waals surface area contributed by atoms with Crippen LogP contribution in [0.3, 0.4) is 0 Å². The molecule has 0 aliphatic rings. The smallest absolute Gasteiger partial charge is 0.261 e. The molecule has 0 bridgehead atoms. The number of aromatic nitrogens is 5. The third-order valence-corrected chi connectivity index (χ3v) is 6.28. The van der Waals surface area contributed by atoms with Crippen LogP contribution in [0.5, 0.6) is 5.75 Å². The lowest BCUT2D eigenvalue weighted by Crippen LogP contribution is -2.24. The highest BCUT2D eigenvalue weighted by Gasteiger charge is 2.21. The summed E-state index contributed by atoms with van der Waals surface area (Å²) in [5.74, 6) is 0.768. The molecule has 176 valence electrons. The molecule has 0 radical (unpaired) electrons. The lowest BCUT2D eigenvalue weighted by atomic mass is 10.1. The summed E-state index contributed by atoms with van der Waals surface area (Å²) in [5.41, 5.74) is 1.95. The van der Waals surface area contributed by atoms with E-state index in [-0.39, 0.29) is 18.0 Å². The molecule has 0 spiro atoms. The Morgan fingerprint density at radius 3 is 2.59 bits per heavy atom. The van der Waals surface area contributed by atoms with E-state index in [2.05, 4.69) is 19.9 Å². The van der Waals surface area contributed by atoms with E-state index in [9.17, 15) is 9.90 Å². The van der Waals surface area contributed by atoms with Crippen LogP contribution in [0.15, 0.2) is 40.8 Å². The molecule has 0 aromatic carbocycles. The van der Waals surface area contributed by atoms with E-state index in [0.717, 1.165) is 10.7 Å². The summed E-state index contributed by atoms with van der Waals surface area (Å²) in [4.78, 5) is 30.7. The molecule has 1 N–H and O–H groups in total. The van der Waals surface area contributed by atoms with Crippen molar-refractivity contribution in [2.75, 3.05) is 0 Å². The molecule has 10 heteroatoms. The highest BCUT2D eigenvalue weighted by Crippen LogP contribution is 2.28. The maximum absolute atomic E-state index is 13.3. The minimum atomic E-state index is -1.21. The van der Waals surface area contributed by atoms with Gasteiger partial charge in [0.05, 0.1) is 38.4 Å². The van der Waals surface area contributed by atoms with Crippen molar-refractivity contribution >= 4 is 22.9 Å². The lowest BCUT2D eigenvalue weighted by molar-refractivity contribution is 0.0688. The first-order valence-corrected chi connectivity index (χ1v) is 11.8. The Bertz CT molecular complexity index is 1430. The second-order valence-electron chi connectivity index (χ2n) is 8.41. The number of aliphatic hydroxyl groups is 1. The van der Waals surface area contributed by atoms with E-state index in [1.807, 2.05) is 25.3 Å². The number of nitrogens with zero attached hydrogens (tertiary/aromatic N) is 5. The highest BCUT2D eigenvalue weighted by atomic mass is 35.5. The van der Waals surface area contributed by atoms with E-state index in [0.29, 0.717) is 39.1 Å². The Morgan fingerprint density at radius 2 is 1.91 bits per heavy atom. The summed E-state index contributed by atoms with van der Waals surface area (Å²) in [7, 11) is 0. The maximum atomic E-state index is 13.3. The summed E-state index contributed by atoms with van der Waals surface area (Å²) in [5, 5.41) is 13.5. The zero-order valence-electron chi connectivity index (χ0n) is 19.5. The summed E-state index contributed by atoms with van der Waals surface area (Å²) in [6.07, 6.45) is 3.04. The second kappa shape index (κ2) is 9.25. The number of hydrogen-bond acceptors (Lipinski definition) is 8. The molecule has 0 saturated heterocycles. The SMILES string of the molecule is Cc1nc(COc2cc(C)n(-c3cc(-c4ccnc(C(C)(C)O)n4)ncc3Cl)c(=O)c2C)cs1. The average molecular weight is 498 g/mol. The van der Waals surface area contributed by atoms with E-state index in [1.165, 1.54) is 10.8 Å². The molecule has 4 aromatic rings. The first-order valence-electron chi connectivity index (χ1n) is 10.5. The molecular weight excluding hydrogens is 474 g/mol. The van der Waals surface area contributed by atoms with Crippen molar-refractivity contribution in [3.8, 4) is 22.8 Å². The van der Waals surface area contributed by atoms with Crippen molar-refractivity contribution in [3.05, 3.63) is 79.1 Å². The Hall–Kier alpha value is -3.14. The molecule has 4 aromatic heterocycles. The second-order valence-corrected chi connectivity index (χ2v) is 9.88. The first kappa shape index (κ1) is 24.0. The fourth-order valence-electron chi connectivity index (χ4n) is 3.41. The third kappa shape index (κ3) is 4.86. The maximum Gasteiger partial charge on any atom is 0.261 e. The van der Waals surface area contributed by atoms with E-state index in [1.54, 1.807) is 50.4 Å². The van der Waals surface area contributed by atoms with Gasteiger partial charge in [0, 0.05) is 29.5 Å². The molecule has 0 amide bonds. The quantitative estimate of drug-likeness (QED) is 0.417. The molecule has 0 atom stereocenters. The molecular formula is C24H24ClN5O3S.